The lowest BCUT2D eigenvalue weighted by Gasteiger charge is -2.12. The summed E-state index contributed by atoms with van der Waals surface area (Å²) in [6.45, 7) is 7.84. The van der Waals surface area contributed by atoms with E-state index in [9.17, 15) is 0 Å². The molecule has 0 aliphatic rings. The van der Waals surface area contributed by atoms with Crippen molar-refractivity contribution in [1.29, 1.82) is 0 Å². The van der Waals surface area contributed by atoms with Gasteiger partial charge in [-0.05, 0) is 50.9 Å². The quantitative estimate of drug-likeness (QED) is 0.540. The molecule has 0 aliphatic carbocycles. The van der Waals surface area contributed by atoms with Gasteiger partial charge in [0.1, 0.15) is 11.5 Å². The van der Waals surface area contributed by atoms with Crippen LogP contribution in [-0.4, -0.2) is 19.8 Å². The summed E-state index contributed by atoms with van der Waals surface area (Å²) >= 11 is 0. The molecule has 0 atom stereocenters. The molecule has 18 heavy (non-hydrogen) atoms. The van der Waals surface area contributed by atoms with E-state index in [2.05, 4.69) is 6.58 Å². The second kappa shape index (κ2) is 8.59. The molecule has 1 aromatic rings. The topological polar surface area (TPSA) is 44.5 Å². The lowest BCUT2D eigenvalue weighted by Crippen LogP contribution is -2.04. The maximum absolute atomic E-state index is 5.77. The van der Waals surface area contributed by atoms with E-state index in [-0.39, 0.29) is 0 Å². The molecule has 100 valence electrons. The van der Waals surface area contributed by atoms with Gasteiger partial charge in [0.25, 0.3) is 0 Å². The smallest absolute Gasteiger partial charge is 0.123 e. The van der Waals surface area contributed by atoms with Gasteiger partial charge in [-0.3, -0.25) is 0 Å². The Hall–Kier alpha value is -1.48. The van der Waals surface area contributed by atoms with Crippen LogP contribution in [0.4, 0.5) is 0 Å². The molecule has 0 amide bonds. The average molecular weight is 249 g/mol. The number of benzene rings is 1. The molecule has 0 bridgehead atoms. The Balaban J connectivity index is 2.66. The van der Waals surface area contributed by atoms with Crippen molar-refractivity contribution < 1.29 is 9.47 Å². The third kappa shape index (κ3) is 4.80. The number of unbranched alkanes of at least 4 members (excludes halogenated alkanes) is 1. The van der Waals surface area contributed by atoms with Crippen molar-refractivity contribution in [3.8, 4) is 11.5 Å². The van der Waals surface area contributed by atoms with E-state index in [1.807, 2.05) is 31.2 Å². The van der Waals surface area contributed by atoms with Gasteiger partial charge in [0.15, 0.2) is 0 Å². The molecular formula is C15H23NO2. The molecule has 0 spiro atoms. The first kappa shape index (κ1) is 14.6. The van der Waals surface area contributed by atoms with Crippen LogP contribution in [-0.2, 0) is 6.42 Å². The Bertz CT molecular complexity index is 364. The first-order chi connectivity index (χ1) is 8.81. The zero-order valence-electron chi connectivity index (χ0n) is 11.2. The molecule has 0 saturated heterocycles. The third-order valence-electron chi connectivity index (χ3n) is 2.56. The molecule has 0 aliphatic heterocycles. The first-order valence-corrected chi connectivity index (χ1v) is 6.51. The maximum Gasteiger partial charge on any atom is 0.123 e. The van der Waals surface area contributed by atoms with Crippen molar-refractivity contribution in [1.82, 2.24) is 0 Å². The highest BCUT2D eigenvalue weighted by atomic mass is 16.5. The van der Waals surface area contributed by atoms with E-state index in [0.717, 1.165) is 36.3 Å². The first-order valence-electron chi connectivity index (χ1n) is 6.51. The standard InChI is InChI=1S/C15H23NO2/c1-3-7-13-12-14(17-4-2)8-9-15(13)18-11-6-5-10-16/h3,8-9,12H,1,4-7,10-11,16H2,2H3. The molecule has 3 heteroatoms. The summed E-state index contributed by atoms with van der Waals surface area (Å²) in [5, 5.41) is 0. The summed E-state index contributed by atoms with van der Waals surface area (Å²) in [7, 11) is 0. The summed E-state index contributed by atoms with van der Waals surface area (Å²) in [6.07, 6.45) is 4.63. The van der Waals surface area contributed by atoms with Crippen molar-refractivity contribution >= 4 is 0 Å². The normalized spacial score (nSPS) is 10.1. The third-order valence-corrected chi connectivity index (χ3v) is 2.56. The molecule has 0 unspecified atom stereocenters. The van der Waals surface area contributed by atoms with Gasteiger partial charge in [-0.25, -0.2) is 0 Å². The van der Waals surface area contributed by atoms with E-state index < -0.39 is 0 Å². The van der Waals surface area contributed by atoms with Gasteiger partial charge in [-0.15, -0.1) is 6.58 Å². The minimum absolute atomic E-state index is 0.671. The van der Waals surface area contributed by atoms with Gasteiger partial charge in [0.2, 0.25) is 0 Å². The van der Waals surface area contributed by atoms with Gasteiger partial charge in [0.05, 0.1) is 13.2 Å². The largest absolute Gasteiger partial charge is 0.494 e. The molecule has 2 N–H and O–H groups in total. The summed E-state index contributed by atoms with van der Waals surface area (Å²) in [5.41, 5.74) is 6.57. The summed E-state index contributed by atoms with van der Waals surface area (Å²) in [5.74, 6) is 1.79. The van der Waals surface area contributed by atoms with Gasteiger partial charge in [-0.2, -0.15) is 0 Å². The number of nitrogens with two attached hydrogens (primary N) is 1. The Labute approximate surface area is 110 Å². The fourth-order valence-corrected chi connectivity index (χ4v) is 1.70. The second-order valence-corrected chi connectivity index (χ2v) is 4.04. The van der Waals surface area contributed by atoms with Crippen LogP contribution in [0.25, 0.3) is 0 Å². The number of hydrogen-bond donors (Lipinski definition) is 1. The number of hydrogen-bond acceptors (Lipinski definition) is 3. The van der Waals surface area contributed by atoms with Crippen molar-refractivity contribution in [3.05, 3.63) is 36.4 Å². The highest BCUT2D eigenvalue weighted by Crippen LogP contribution is 2.25. The van der Waals surface area contributed by atoms with Crippen LogP contribution in [0.5, 0.6) is 11.5 Å². The van der Waals surface area contributed by atoms with Crippen LogP contribution in [0, 0.1) is 0 Å². The fourth-order valence-electron chi connectivity index (χ4n) is 1.70. The van der Waals surface area contributed by atoms with Gasteiger partial charge in [0, 0.05) is 5.56 Å². The minimum Gasteiger partial charge on any atom is -0.494 e. The Morgan fingerprint density at radius 1 is 1.28 bits per heavy atom. The van der Waals surface area contributed by atoms with Crippen molar-refractivity contribution in [2.75, 3.05) is 19.8 Å². The van der Waals surface area contributed by atoms with Crippen molar-refractivity contribution in [2.45, 2.75) is 26.2 Å². The summed E-state index contributed by atoms with van der Waals surface area (Å²) < 4.78 is 11.3. The Kier molecular flexibility index (Phi) is 6.96. The van der Waals surface area contributed by atoms with E-state index >= 15 is 0 Å². The van der Waals surface area contributed by atoms with Gasteiger partial charge >= 0.3 is 0 Å². The monoisotopic (exact) mass is 249 g/mol. The van der Waals surface area contributed by atoms with Crippen LogP contribution < -0.4 is 15.2 Å². The fraction of sp³-hybridized carbons (Fsp3) is 0.467. The number of ether oxygens (including phenoxy) is 2. The molecule has 0 heterocycles. The summed E-state index contributed by atoms with van der Waals surface area (Å²) in [6, 6.07) is 5.92. The van der Waals surface area contributed by atoms with Crippen LogP contribution in [0.15, 0.2) is 30.9 Å². The summed E-state index contributed by atoms with van der Waals surface area (Å²) in [4.78, 5) is 0. The van der Waals surface area contributed by atoms with Crippen LogP contribution in [0.2, 0.25) is 0 Å². The van der Waals surface area contributed by atoms with E-state index in [1.54, 1.807) is 0 Å². The highest BCUT2D eigenvalue weighted by Gasteiger charge is 2.04. The SMILES string of the molecule is C=CCc1cc(OCC)ccc1OCCCCN. The highest BCUT2D eigenvalue weighted by molar-refractivity contribution is 5.41. The zero-order chi connectivity index (χ0) is 13.2. The lowest BCUT2D eigenvalue weighted by molar-refractivity contribution is 0.303. The predicted molar refractivity (Wildman–Crippen MR) is 75.3 cm³/mol. The van der Waals surface area contributed by atoms with Crippen LogP contribution in [0.1, 0.15) is 25.3 Å². The lowest BCUT2D eigenvalue weighted by atomic mass is 10.1. The van der Waals surface area contributed by atoms with Gasteiger partial charge < -0.3 is 15.2 Å². The van der Waals surface area contributed by atoms with Crippen molar-refractivity contribution in [3.63, 3.8) is 0 Å². The van der Waals surface area contributed by atoms with Crippen molar-refractivity contribution in [2.24, 2.45) is 5.73 Å². The minimum atomic E-state index is 0.671. The molecule has 0 fully saturated rings. The van der Waals surface area contributed by atoms with E-state index in [1.165, 1.54) is 0 Å². The molecule has 1 aromatic carbocycles. The molecule has 1 rings (SSSR count). The molecule has 0 aromatic heterocycles. The molecule has 3 nitrogen and oxygen atoms in total. The molecule has 0 saturated carbocycles. The van der Waals surface area contributed by atoms with Crippen LogP contribution in [0.3, 0.4) is 0 Å². The Morgan fingerprint density at radius 2 is 2.11 bits per heavy atom. The maximum atomic E-state index is 5.77. The second-order valence-electron chi connectivity index (χ2n) is 4.04. The average Bonchev–Trinajstić information content (AvgIpc) is 2.37. The van der Waals surface area contributed by atoms with Gasteiger partial charge in [-0.1, -0.05) is 6.08 Å². The Morgan fingerprint density at radius 3 is 2.78 bits per heavy atom. The van der Waals surface area contributed by atoms with E-state index in [0.29, 0.717) is 19.8 Å². The van der Waals surface area contributed by atoms with E-state index in [4.69, 9.17) is 15.2 Å². The predicted octanol–water partition coefficient (Wildman–Crippen LogP) is 2.93. The van der Waals surface area contributed by atoms with Crippen LogP contribution >= 0.6 is 0 Å². The number of rotatable bonds is 9. The zero-order valence-corrected chi connectivity index (χ0v) is 11.2. The molecule has 0 radical (unpaired) electrons. The number of allylic oxidation sites excluding steroid dienone is 1. The molecular weight excluding hydrogens is 226 g/mol.